The van der Waals surface area contributed by atoms with E-state index in [1.165, 1.54) is 4.57 Å². The van der Waals surface area contributed by atoms with Crippen LogP contribution in [-0.2, 0) is 25.6 Å². The fourth-order valence-corrected chi connectivity index (χ4v) is 5.78. The standard InChI is InChI=1S/C30H44F2N6O6/c1-20(33-2)28(40)35-26(21-6-4-3-5-7-21)29(41)36-8-10-37(11-9-36)30(42)27-34-24-18-22(31)23(32)19-25(24)38(27)12-14-43-16-17-44-15-13-39/h18-21,26,33,39H,3-17H2,1-2H3,(H,35,40)/t20-,26?/m0/s1. The number of carbonyl (C=O) groups excluding carboxylic acids is 3. The van der Waals surface area contributed by atoms with Gasteiger partial charge in [-0.25, -0.2) is 13.8 Å². The summed E-state index contributed by atoms with van der Waals surface area (Å²) < 4.78 is 40.5. The fraction of sp³-hybridized carbons (Fsp3) is 0.667. The van der Waals surface area contributed by atoms with Gasteiger partial charge in [0.25, 0.3) is 5.91 Å². The van der Waals surface area contributed by atoms with Gasteiger partial charge in [0.2, 0.25) is 11.8 Å². The van der Waals surface area contributed by atoms with Crippen LogP contribution in [0.1, 0.15) is 49.6 Å². The Morgan fingerprint density at radius 3 is 2.27 bits per heavy atom. The summed E-state index contributed by atoms with van der Waals surface area (Å²) in [5.74, 6) is -2.80. The number of likely N-dealkylation sites (N-methyl/N-ethyl adjacent to an activating group) is 1. The van der Waals surface area contributed by atoms with Crippen LogP contribution in [0.4, 0.5) is 8.78 Å². The van der Waals surface area contributed by atoms with Gasteiger partial charge in [-0.1, -0.05) is 19.3 Å². The molecule has 1 saturated heterocycles. The second-order valence-electron chi connectivity index (χ2n) is 11.3. The lowest BCUT2D eigenvalue weighted by Crippen LogP contribution is -2.59. The third kappa shape index (κ3) is 8.29. The minimum atomic E-state index is -1.06. The number of fused-ring (bicyclic) bond motifs is 1. The average molecular weight is 623 g/mol. The fourth-order valence-electron chi connectivity index (χ4n) is 5.78. The molecular weight excluding hydrogens is 578 g/mol. The first-order chi connectivity index (χ1) is 21.2. The molecule has 1 saturated carbocycles. The Kier molecular flexibility index (Phi) is 12.4. The number of piperazine rings is 1. The number of hydrogen-bond donors (Lipinski definition) is 3. The first-order valence-corrected chi connectivity index (χ1v) is 15.4. The molecule has 14 heteroatoms. The van der Waals surface area contributed by atoms with E-state index in [4.69, 9.17) is 14.6 Å². The molecule has 1 aromatic carbocycles. The van der Waals surface area contributed by atoms with Gasteiger partial charge in [-0.2, -0.15) is 0 Å². The number of nitrogens with one attached hydrogen (secondary N) is 2. The van der Waals surface area contributed by atoms with Crippen LogP contribution in [-0.4, -0.2) is 121 Å². The molecule has 44 heavy (non-hydrogen) atoms. The predicted octanol–water partition coefficient (Wildman–Crippen LogP) is 1.30. The SMILES string of the molecule is CN[C@@H](C)C(=O)NC(C(=O)N1CCN(C(=O)c2nc3cc(F)c(F)cc3n2CCOCCOCCO)CC1)C1CCCCC1. The number of imidazole rings is 1. The quantitative estimate of drug-likeness (QED) is 0.268. The minimum Gasteiger partial charge on any atom is -0.394 e. The van der Waals surface area contributed by atoms with Crippen LogP contribution in [0.5, 0.6) is 0 Å². The number of carbonyl (C=O) groups is 3. The molecule has 3 N–H and O–H groups in total. The summed E-state index contributed by atoms with van der Waals surface area (Å²) >= 11 is 0. The number of nitrogens with zero attached hydrogens (tertiary/aromatic N) is 4. The highest BCUT2D eigenvalue weighted by Gasteiger charge is 2.36. The van der Waals surface area contributed by atoms with Crippen molar-refractivity contribution >= 4 is 28.8 Å². The molecule has 2 fully saturated rings. The second-order valence-corrected chi connectivity index (χ2v) is 11.3. The van der Waals surface area contributed by atoms with E-state index in [2.05, 4.69) is 15.6 Å². The molecule has 1 aliphatic heterocycles. The maximum absolute atomic E-state index is 14.2. The molecule has 0 radical (unpaired) electrons. The van der Waals surface area contributed by atoms with Crippen molar-refractivity contribution in [2.75, 3.05) is 66.3 Å². The van der Waals surface area contributed by atoms with Crippen LogP contribution in [0, 0.1) is 17.6 Å². The Balaban J connectivity index is 1.44. The third-order valence-electron chi connectivity index (χ3n) is 8.44. The number of aromatic nitrogens is 2. The van der Waals surface area contributed by atoms with Gasteiger partial charge in [-0.05, 0) is 32.7 Å². The number of hydrogen-bond acceptors (Lipinski definition) is 8. The molecular formula is C30H44F2N6O6. The van der Waals surface area contributed by atoms with Gasteiger partial charge in [0.1, 0.15) is 6.04 Å². The van der Waals surface area contributed by atoms with Crippen LogP contribution < -0.4 is 10.6 Å². The average Bonchev–Trinajstić information content (AvgIpc) is 3.39. The summed E-state index contributed by atoms with van der Waals surface area (Å²) in [6, 6.07) is 0.926. The molecule has 4 rings (SSSR count). The Labute approximate surface area is 256 Å². The van der Waals surface area contributed by atoms with E-state index in [1.54, 1.807) is 23.8 Å². The molecule has 12 nitrogen and oxygen atoms in total. The first-order valence-electron chi connectivity index (χ1n) is 15.4. The Morgan fingerprint density at radius 2 is 1.61 bits per heavy atom. The van der Waals surface area contributed by atoms with Gasteiger partial charge in [-0.3, -0.25) is 14.4 Å². The molecule has 1 aliphatic carbocycles. The van der Waals surface area contributed by atoms with Crippen molar-refractivity contribution in [1.82, 2.24) is 30.0 Å². The largest absolute Gasteiger partial charge is 0.394 e. The lowest BCUT2D eigenvalue weighted by molar-refractivity contribution is -0.140. The third-order valence-corrected chi connectivity index (χ3v) is 8.44. The van der Waals surface area contributed by atoms with Crippen LogP contribution in [0.2, 0.25) is 0 Å². The van der Waals surface area contributed by atoms with Crippen LogP contribution in [0.3, 0.4) is 0 Å². The Bertz CT molecular complexity index is 1280. The zero-order valence-corrected chi connectivity index (χ0v) is 25.5. The Morgan fingerprint density at radius 1 is 0.977 bits per heavy atom. The molecule has 2 aliphatic rings. The predicted molar refractivity (Wildman–Crippen MR) is 158 cm³/mol. The number of halogens is 2. The number of aliphatic hydroxyl groups excluding tert-OH is 1. The van der Waals surface area contributed by atoms with Gasteiger partial charge in [-0.15, -0.1) is 0 Å². The van der Waals surface area contributed by atoms with E-state index in [0.717, 1.165) is 44.2 Å². The number of ether oxygens (including phenoxy) is 2. The molecule has 3 amide bonds. The summed E-state index contributed by atoms with van der Waals surface area (Å²) in [7, 11) is 1.70. The number of aliphatic hydroxyl groups is 1. The van der Waals surface area contributed by atoms with Crippen molar-refractivity contribution in [2.45, 2.75) is 57.7 Å². The number of rotatable bonds is 14. The highest BCUT2D eigenvalue weighted by molar-refractivity contribution is 5.95. The zero-order valence-electron chi connectivity index (χ0n) is 25.5. The van der Waals surface area contributed by atoms with Crippen molar-refractivity contribution in [1.29, 1.82) is 0 Å². The van der Waals surface area contributed by atoms with Crippen molar-refractivity contribution in [3.63, 3.8) is 0 Å². The molecule has 2 atom stereocenters. The van der Waals surface area contributed by atoms with Gasteiger partial charge < -0.3 is 39.6 Å². The van der Waals surface area contributed by atoms with Crippen molar-refractivity contribution in [2.24, 2.45) is 5.92 Å². The van der Waals surface area contributed by atoms with Gasteiger partial charge in [0.15, 0.2) is 17.5 Å². The molecule has 1 unspecified atom stereocenters. The smallest absolute Gasteiger partial charge is 0.290 e. The van der Waals surface area contributed by atoms with E-state index < -0.39 is 29.6 Å². The molecule has 2 aromatic rings. The van der Waals surface area contributed by atoms with Crippen molar-refractivity contribution in [3.8, 4) is 0 Å². The second kappa shape index (κ2) is 16.2. The Hall–Kier alpha value is -3.20. The molecule has 0 spiro atoms. The van der Waals surface area contributed by atoms with E-state index in [0.29, 0.717) is 0 Å². The van der Waals surface area contributed by atoms with Gasteiger partial charge >= 0.3 is 0 Å². The van der Waals surface area contributed by atoms with E-state index in [9.17, 15) is 23.2 Å². The lowest BCUT2D eigenvalue weighted by Gasteiger charge is -2.39. The summed E-state index contributed by atoms with van der Waals surface area (Å²) in [6.45, 7) is 3.76. The summed E-state index contributed by atoms with van der Waals surface area (Å²) in [6.07, 6.45) is 4.91. The summed E-state index contributed by atoms with van der Waals surface area (Å²) in [5.41, 5.74) is 0.414. The van der Waals surface area contributed by atoms with Crippen molar-refractivity contribution < 1.29 is 37.7 Å². The molecule has 2 heterocycles. The minimum absolute atomic E-state index is 0.0262. The first kappa shape index (κ1) is 33.7. The molecule has 0 bridgehead atoms. The number of amides is 3. The van der Waals surface area contributed by atoms with Crippen LogP contribution in [0.15, 0.2) is 12.1 Å². The van der Waals surface area contributed by atoms with Crippen LogP contribution >= 0.6 is 0 Å². The number of benzene rings is 1. The van der Waals surface area contributed by atoms with Gasteiger partial charge in [0.05, 0.1) is 50.1 Å². The summed E-state index contributed by atoms with van der Waals surface area (Å²) in [5, 5.41) is 14.7. The topological polar surface area (TPSA) is 138 Å². The molecule has 1 aromatic heterocycles. The van der Waals surface area contributed by atoms with E-state index in [1.807, 2.05) is 0 Å². The normalized spacial score (nSPS) is 17.6. The van der Waals surface area contributed by atoms with E-state index in [-0.39, 0.29) is 100 Å². The zero-order chi connectivity index (χ0) is 31.6. The van der Waals surface area contributed by atoms with Gasteiger partial charge in [0, 0.05) is 44.9 Å². The monoisotopic (exact) mass is 622 g/mol. The maximum Gasteiger partial charge on any atom is 0.290 e. The molecule has 244 valence electrons. The highest BCUT2D eigenvalue weighted by Crippen LogP contribution is 2.28. The maximum atomic E-state index is 14.2. The summed E-state index contributed by atoms with van der Waals surface area (Å²) in [4.78, 5) is 47.8. The van der Waals surface area contributed by atoms with Crippen LogP contribution in [0.25, 0.3) is 11.0 Å². The van der Waals surface area contributed by atoms with E-state index >= 15 is 0 Å². The lowest BCUT2D eigenvalue weighted by atomic mass is 9.83. The van der Waals surface area contributed by atoms with Crippen molar-refractivity contribution in [3.05, 3.63) is 29.6 Å². The highest BCUT2D eigenvalue weighted by atomic mass is 19.2.